The van der Waals surface area contributed by atoms with Crippen LogP contribution in [0.15, 0.2) is 71.2 Å². The number of carbonyl (C=O) groups excluding carboxylic acids is 4. The standard InChI is InChI=1S/C42H54O24/c1-57-37(55)25-17-61-39(65-41-35(53)33(51)31(49)27(15-44)63-41)21(7-10-43)23(25)13-30(48)60-12-9-22-24(14-29(47)59-11-8-19-3-5-20(46)6-4-19)26(38(56)58-2)18-62-40(22)66-42-36(54)34(52)32(50)28(16-45)64-42/h3-7,9,17-18,23-24,27-28,31-36,39-46,49-54H,8,10-16H2,1-2H3/b21-7-,22-9-/t23-,24-,27+,28+,31+,32+,33-,34-,35+,36+,39-,40-,41-,42-/m0/s1. The van der Waals surface area contributed by atoms with Crippen molar-refractivity contribution in [2.75, 3.05) is 47.3 Å². The molecule has 10 N–H and O–H groups in total. The number of aromatic hydroxyl groups is 1. The van der Waals surface area contributed by atoms with Crippen LogP contribution in [0.4, 0.5) is 0 Å². The van der Waals surface area contributed by atoms with Gasteiger partial charge in [-0.1, -0.05) is 18.2 Å². The Bertz CT molecular complexity index is 1940. The van der Waals surface area contributed by atoms with Crippen molar-refractivity contribution < 1.29 is 118 Å². The van der Waals surface area contributed by atoms with Crippen molar-refractivity contribution in [3.8, 4) is 5.75 Å². The smallest absolute Gasteiger partial charge is 0.337 e. The maximum absolute atomic E-state index is 13.7. The van der Waals surface area contributed by atoms with E-state index in [-0.39, 0.29) is 41.1 Å². The summed E-state index contributed by atoms with van der Waals surface area (Å²) in [6.45, 7) is -3.09. The Labute approximate surface area is 376 Å². The summed E-state index contributed by atoms with van der Waals surface area (Å²) in [4.78, 5) is 53.0. The summed E-state index contributed by atoms with van der Waals surface area (Å²) >= 11 is 0. The van der Waals surface area contributed by atoms with Gasteiger partial charge >= 0.3 is 23.9 Å². The second kappa shape index (κ2) is 24.1. The van der Waals surface area contributed by atoms with Crippen LogP contribution < -0.4 is 0 Å². The molecule has 66 heavy (non-hydrogen) atoms. The van der Waals surface area contributed by atoms with Crippen LogP contribution in [-0.2, 0) is 73.0 Å². The molecule has 366 valence electrons. The number of esters is 4. The highest BCUT2D eigenvalue weighted by molar-refractivity contribution is 5.91. The minimum atomic E-state index is -1.93. The van der Waals surface area contributed by atoms with Crippen molar-refractivity contribution in [2.45, 2.75) is 93.3 Å². The first-order chi connectivity index (χ1) is 31.6. The van der Waals surface area contributed by atoms with Crippen LogP contribution in [-0.4, -0.2) is 196 Å². The molecular weight excluding hydrogens is 888 g/mol. The van der Waals surface area contributed by atoms with Crippen molar-refractivity contribution in [1.82, 2.24) is 0 Å². The molecule has 0 amide bonds. The van der Waals surface area contributed by atoms with Crippen LogP contribution in [0.1, 0.15) is 18.4 Å². The molecule has 0 aromatic heterocycles. The molecule has 1 aromatic rings. The summed E-state index contributed by atoms with van der Waals surface area (Å²) in [7, 11) is 2.11. The lowest BCUT2D eigenvalue weighted by atomic mass is 9.86. The molecule has 4 heterocycles. The lowest BCUT2D eigenvalue weighted by Gasteiger charge is -2.42. The molecule has 5 rings (SSSR count). The molecule has 14 atom stereocenters. The predicted molar refractivity (Wildman–Crippen MR) is 213 cm³/mol. The van der Waals surface area contributed by atoms with Crippen molar-refractivity contribution in [2.24, 2.45) is 11.8 Å². The fourth-order valence-electron chi connectivity index (χ4n) is 7.39. The van der Waals surface area contributed by atoms with Gasteiger partial charge in [0.05, 0.1) is 77.2 Å². The Hall–Kier alpha value is -5.06. The Balaban J connectivity index is 1.40. The van der Waals surface area contributed by atoms with E-state index in [1.807, 2.05) is 0 Å². The molecule has 0 aliphatic carbocycles. The Morgan fingerprint density at radius 1 is 0.621 bits per heavy atom. The monoisotopic (exact) mass is 942 g/mol. The van der Waals surface area contributed by atoms with E-state index in [1.54, 1.807) is 12.1 Å². The number of methoxy groups -OCH3 is 2. The van der Waals surface area contributed by atoms with Crippen molar-refractivity contribution in [3.05, 3.63) is 76.8 Å². The van der Waals surface area contributed by atoms with E-state index in [4.69, 9.17) is 47.4 Å². The van der Waals surface area contributed by atoms with Crippen LogP contribution in [0.25, 0.3) is 0 Å². The maximum Gasteiger partial charge on any atom is 0.337 e. The molecule has 24 heteroatoms. The Morgan fingerprint density at radius 3 is 1.52 bits per heavy atom. The van der Waals surface area contributed by atoms with Gasteiger partial charge < -0.3 is 98.4 Å². The topological polar surface area (TPSA) is 363 Å². The molecule has 0 spiro atoms. The number of hydrogen-bond donors (Lipinski definition) is 10. The molecule has 24 nitrogen and oxygen atoms in total. The van der Waals surface area contributed by atoms with E-state index in [2.05, 4.69) is 0 Å². The summed E-state index contributed by atoms with van der Waals surface area (Å²) in [6, 6.07) is 6.15. The zero-order chi connectivity index (χ0) is 48.2. The van der Waals surface area contributed by atoms with Gasteiger partial charge in [-0.15, -0.1) is 0 Å². The van der Waals surface area contributed by atoms with E-state index in [9.17, 15) is 70.2 Å². The van der Waals surface area contributed by atoms with Gasteiger partial charge in [0.15, 0.2) is 12.6 Å². The highest BCUT2D eigenvalue weighted by Crippen LogP contribution is 2.38. The van der Waals surface area contributed by atoms with E-state index in [0.29, 0.717) is 0 Å². The second-order valence-electron chi connectivity index (χ2n) is 15.2. The Kier molecular flexibility index (Phi) is 19.0. The summed E-state index contributed by atoms with van der Waals surface area (Å²) in [5.41, 5.74) is 0.0413. The first-order valence-corrected chi connectivity index (χ1v) is 20.5. The van der Waals surface area contributed by atoms with Gasteiger partial charge in [0, 0.05) is 29.4 Å². The Morgan fingerprint density at radius 2 is 1.08 bits per heavy atom. The minimum Gasteiger partial charge on any atom is -0.508 e. The predicted octanol–water partition coefficient (Wildman–Crippen LogP) is -3.66. The molecule has 0 unspecified atom stereocenters. The van der Waals surface area contributed by atoms with Gasteiger partial charge in [-0.3, -0.25) is 9.59 Å². The zero-order valence-electron chi connectivity index (χ0n) is 35.5. The van der Waals surface area contributed by atoms with Crippen LogP contribution in [0.2, 0.25) is 0 Å². The number of benzene rings is 1. The molecule has 4 aliphatic heterocycles. The van der Waals surface area contributed by atoms with Gasteiger partial charge in [-0.2, -0.15) is 0 Å². The van der Waals surface area contributed by atoms with Crippen LogP contribution >= 0.6 is 0 Å². The average molecular weight is 943 g/mol. The summed E-state index contributed by atoms with van der Waals surface area (Å²) in [6.07, 6.45) is -17.5. The lowest BCUT2D eigenvalue weighted by Crippen LogP contribution is -2.60. The highest BCUT2D eigenvalue weighted by atomic mass is 16.8. The summed E-state index contributed by atoms with van der Waals surface area (Å²) < 4.78 is 54.5. The fourth-order valence-corrected chi connectivity index (χ4v) is 7.39. The van der Waals surface area contributed by atoms with Crippen molar-refractivity contribution >= 4 is 23.9 Å². The number of ether oxygens (including phenoxy) is 10. The number of aliphatic hydroxyl groups excluding tert-OH is 9. The van der Waals surface area contributed by atoms with Crippen molar-refractivity contribution in [1.29, 1.82) is 0 Å². The number of phenols is 1. The first-order valence-electron chi connectivity index (χ1n) is 20.5. The quantitative estimate of drug-likeness (QED) is 0.0385. The van der Waals surface area contributed by atoms with Gasteiger partial charge in [-0.05, 0) is 23.8 Å². The van der Waals surface area contributed by atoms with E-state index >= 15 is 0 Å². The zero-order valence-corrected chi connectivity index (χ0v) is 35.5. The SMILES string of the molecule is COC(=O)C1=CO[C@@H](O[C@@H]2O[C@H](CO)[C@@H](O)[C@H](O)[C@H]2O)/C(=C\CO)[C@@H]1CC(=O)OC/C=C1\[C@H](O[C@@H]2O[C@H](CO)[C@@H](O)[C@H](O)[C@H]2O)OC=C(C(=O)OC)[C@H]1CC(=O)OCCc1ccc(O)cc1. The van der Waals surface area contributed by atoms with E-state index in [1.165, 1.54) is 18.2 Å². The van der Waals surface area contributed by atoms with Gasteiger partial charge in [-0.25, -0.2) is 9.59 Å². The molecule has 2 fully saturated rings. The average Bonchev–Trinajstić information content (AvgIpc) is 3.31. The van der Waals surface area contributed by atoms with Gasteiger partial charge in [0.25, 0.3) is 0 Å². The van der Waals surface area contributed by atoms with Gasteiger partial charge in [0.2, 0.25) is 12.6 Å². The molecule has 2 saturated heterocycles. The number of hydrogen-bond acceptors (Lipinski definition) is 24. The van der Waals surface area contributed by atoms with Crippen LogP contribution in [0.3, 0.4) is 0 Å². The number of rotatable bonds is 18. The molecule has 1 aromatic carbocycles. The third kappa shape index (κ3) is 12.5. The second-order valence-corrected chi connectivity index (χ2v) is 15.2. The third-order valence-electron chi connectivity index (χ3n) is 11.0. The lowest BCUT2D eigenvalue weighted by molar-refractivity contribution is -0.328. The first kappa shape index (κ1) is 51.9. The number of aliphatic hydroxyl groups is 9. The molecule has 0 bridgehead atoms. The molecule has 0 radical (unpaired) electrons. The number of phenolic OH excluding ortho intramolecular Hbond substituents is 1. The van der Waals surface area contributed by atoms with E-state index < -0.39 is 149 Å². The molecular formula is C42H54O24. The van der Waals surface area contributed by atoms with E-state index in [0.717, 1.165) is 38.4 Å². The van der Waals surface area contributed by atoms with Crippen molar-refractivity contribution in [3.63, 3.8) is 0 Å². The maximum atomic E-state index is 13.7. The molecule has 0 saturated carbocycles. The van der Waals surface area contributed by atoms with Gasteiger partial charge in [0.1, 0.15) is 61.2 Å². The fraction of sp³-hybridized carbons (Fsp3) is 0.571. The summed E-state index contributed by atoms with van der Waals surface area (Å²) in [5.74, 6) is -6.38. The largest absolute Gasteiger partial charge is 0.508 e. The number of carbonyl (C=O) groups is 4. The van der Waals surface area contributed by atoms with Crippen LogP contribution in [0, 0.1) is 11.8 Å². The third-order valence-corrected chi connectivity index (χ3v) is 11.0. The highest BCUT2D eigenvalue weighted by Gasteiger charge is 2.49. The summed E-state index contributed by atoms with van der Waals surface area (Å²) in [5, 5.41) is 101. The van der Waals surface area contributed by atoms with Crippen LogP contribution in [0.5, 0.6) is 5.75 Å². The molecule has 4 aliphatic rings. The minimum absolute atomic E-state index is 0.0332. The normalized spacial score (nSPS) is 33.4.